The monoisotopic (exact) mass is 1010 g/mol. The lowest BCUT2D eigenvalue weighted by Crippen LogP contribution is -2.14. The van der Waals surface area contributed by atoms with Crippen molar-refractivity contribution in [2.75, 3.05) is 9.80 Å². The zero-order chi connectivity index (χ0) is 51.5. The number of para-hydroxylation sites is 1. The van der Waals surface area contributed by atoms with E-state index in [0.717, 1.165) is 78.3 Å². The number of fused-ring (bicyclic) bond motifs is 9. The van der Waals surface area contributed by atoms with E-state index in [9.17, 15) is 0 Å². The van der Waals surface area contributed by atoms with Crippen LogP contribution in [0.15, 0.2) is 296 Å². The maximum Gasteiger partial charge on any atom is 0.135 e. The molecule has 3 nitrogen and oxygen atoms in total. The molecule has 0 saturated heterocycles. The first-order valence-electron chi connectivity index (χ1n) is 26.5. The van der Waals surface area contributed by atoms with Gasteiger partial charge in [-0.3, -0.25) is 0 Å². The van der Waals surface area contributed by atoms with Gasteiger partial charge in [-0.15, -0.1) is 11.3 Å². The van der Waals surface area contributed by atoms with Crippen LogP contribution >= 0.6 is 11.3 Å². The van der Waals surface area contributed by atoms with E-state index >= 15 is 0 Å². The summed E-state index contributed by atoms with van der Waals surface area (Å²) in [6.45, 7) is 0. The fourth-order valence-electron chi connectivity index (χ4n) is 11.7. The molecule has 366 valence electrons. The molecule has 2 heterocycles. The summed E-state index contributed by atoms with van der Waals surface area (Å²) in [5, 5.41) is 9.59. The summed E-state index contributed by atoms with van der Waals surface area (Å²) in [6.07, 6.45) is 0. The average Bonchev–Trinajstić information content (AvgIpc) is 4.18. The van der Waals surface area contributed by atoms with Crippen molar-refractivity contribution in [2.45, 2.75) is 0 Å². The van der Waals surface area contributed by atoms with Gasteiger partial charge in [-0.05, 0) is 157 Å². The van der Waals surface area contributed by atoms with Crippen LogP contribution in [0.4, 0.5) is 34.1 Å². The van der Waals surface area contributed by atoms with Crippen molar-refractivity contribution in [1.82, 2.24) is 0 Å². The third-order valence-corrected chi connectivity index (χ3v) is 16.6. The van der Waals surface area contributed by atoms with E-state index in [1.165, 1.54) is 64.0 Å². The third-order valence-electron chi connectivity index (χ3n) is 15.4. The van der Waals surface area contributed by atoms with Crippen molar-refractivity contribution in [1.29, 1.82) is 0 Å². The number of benzene rings is 13. The lowest BCUT2D eigenvalue weighted by Gasteiger charge is -2.31. The van der Waals surface area contributed by atoms with Crippen molar-refractivity contribution in [3.05, 3.63) is 291 Å². The van der Waals surface area contributed by atoms with Crippen molar-refractivity contribution < 1.29 is 4.42 Å². The number of hydrogen-bond donors (Lipinski definition) is 0. The number of furan rings is 1. The van der Waals surface area contributed by atoms with E-state index in [-0.39, 0.29) is 0 Å². The summed E-state index contributed by atoms with van der Waals surface area (Å²) in [5.74, 6) is 0. The molecule has 0 saturated carbocycles. The zero-order valence-electron chi connectivity index (χ0n) is 42.4. The van der Waals surface area contributed by atoms with Gasteiger partial charge in [0.05, 0.1) is 0 Å². The second-order valence-electron chi connectivity index (χ2n) is 20.0. The van der Waals surface area contributed by atoms with Crippen LogP contribution in [0.3, 0.4) is 0 Å². The molecule has 2 aromatic heterocycles. The highest BCUT2D eigenvalue weighted by molar-refractivity contribution is 7.26. The summed E-state index contributed by atoms with van der Waals surface area (Å²) in [5.41, 5.74) is 17.3. The summed E-state index contributed by atoms with van der Waals surface area (Å²) in [7, 11) is 0. The molecule has 15 aromatic rings. The number of rotatable bonds is 10. The Kier molecular flexibility index (Phi) is 11.0. The fourth-order valence-corrected chi connectivity index (χ4v) is 12.9. The van der Waals surface area contributed by atoms with Crippen LogP contribution in [0.1, 0.15) is 0 Å². The molecule has 0 radical (unpaired) electrons. The molecular weight excluding hydrogens is 965 g/mol. The van der Waals surface area contributed by atoms with E-state index in [0.29, 0.717) is 0 Å². The van der Waals surface area contributed by atoms with Crippen molar-refractivity contribution in [3.8, 4) is 44.5 Å². The summed E-state index contributed by atoms with van der Waals surface area (Å²) in [4.78, 5) is 4.84. The van der Waals surface area contributed by atoms with Crippen LogP contribution in [0.2, 0.25) is 0 Å². The van der Waals surface area contributed by atoms with Gasteiger partial charge in [0.25, 0.3) is 0 Å². The second kappa shape index (κ2) is 19.0. The van der Waals surface area contributed by atoms with Crippen molar-refractivity contribution in [2.24, 2.45) is 0 Å². The first-order chi connectivity index (χ1) is 38.6. The largest absolute Gasteiger partial charge is 0.456 e. The van der Waals surface area contributed by atoms with Crippen LogP contribution in [-0.4, -0.2) is 0 Å². The molecule has 0 fully saturated rings. The smallest absolute Gasteiger partial charge is 0.135 e. The molecule has 0 amide bonds. The SMILES string of the molecule is c1ccc(-c2ccc(N(c3ccc(-c4ccccc4)cc3)c3cc(-c4cc5ccccc5c5ccccc45)cc(N(c4ccc(-c5cccc6c5sc5ccccc56)cc4)c4ccc5oc6ccccc6c5c4)c3)cc2)cc1. The minimum Gasteiger partial charge on any atom is -0.456 e. The van der Waals surface area contributed by atoms with E-state index in [1.807, 2.05) is 17.4 Å². The number of hydrogen-bond acceptors (Lipinski definition) is 4. The molecule has 13 aromatic carbocycles. The van der Waals surface area contributed by atoms with Gasteiger partial charge in [-0.2, -0.15) is 0 Å². The van der Waals surface area contributed by atoms with Crippen LogP contribution in [0.5, 0.6) is 0 Å². The molecule has 0 N–H and O–H groups in total. The number of nitrogens with zero attached hydrogens (tertiary/aromatic N) is 2. The lowest BCUT2D eigenvalue weighted by molar-refractivity contribution is 0.669. The topological polar surface area (TPSA) is 19.6 Å². The van der Waals surface area contributed by atoms with Crippen LogP contribution in [-0.2, 0) is 0 Å². The van der Waals surface area contributed by atoms with Gasteiger partial charge in [-0.25, -0.2) is 0 Å². The highest BCUT2D eigenvalue weighted by atomic mass is 32.1. The predicted octanol–water partition coefficient (Wildman–Crippen LogP) is 21.9. The Morgan fingerprint density at radius 3 is 1.40 bits per heavy atom. The van der Waals surface area contributed by atoms with E-state index in [2.05, 4.69) is 295 Å². The highest BCUT2D eigenvalue weighted by Crippen LogP contribution is 2.48. The van der Waals surface area contributed by atoms with E-state index < -0.39 is 0 Å². The third kappa shape index (κ3) is 7.97. The Balaban J connectivity index is 0.979. The Morgan fingerprint density at radius 2 is 0.731 bits per heavy atom. The molecule has 0 aliphatic heterocycles. The second-order valence-corrected chi connectivity index (χ2v) is 21.1. The van der Waals surface area contributed by atoms with Gasteiger partial charge in [0, 0.05) is 65.1 Å². The fraction of sp³-hybridized carbons (Fsp3) is 0. The Hall–Kier alpha value is -10.0. The number of anilines is 6. The van der Waals surface area contributed by atoms with Gasteiger partial charge >= 0.3 is 0 Å². The van der Waals surface area contributed by atoms with E-state index in [1.54, 1.807) is 0 Å². The summed E-state index contributed by atoms with van der Waals surface area (Å²) in [6, 6.07) is 106. The molecule has 0 aliphatic rings. The Bertz CT molecular complexity index is 4630. The van der Waals surface area contributed by atoms with Crippen molar-refractivity contribution >= 4 is 109 Å². The molecule has 78 heavy (non-hydrogen) atoms. The van der Waals surface area contributed by atoms with Crippen LogP contribution < -0.4 is 9.80 Å². The molecule has 0 spiro atoms. The van der Waals surface area contributed by atoms with Gasteiger partial charge in [0.15, 0.2) is 0 Å². The maximum atomic E-state index is 6.47. The van der Waals surface area contributed by atoms with Crippen LogP contribution in [0, 0.1) is 0 Å². The first kappa shape index (κ1) is 45.4. The van der Waals surface area contributed by atoms with Gasteiger partial charge < -0.3 is 14.2 Å². The van der Waals surface area contributed by atoms with E-state index in [4.69, 9.17) is 4.42 Å². The van der Waals surface area contributed by atoms with Gasteiger partial charge in [0.1, 0.15) is 11.2 Å². The van der Waals surface area contributed by atoms with Crippen molar-refractivity contribution in [3.63, 3.8) is 0 Å². The standard InChI is InChI=1S/C74H48N2OS/c1-3-16-49(17-4-1)51-30-36-56(37-31-51)75(57-38-32-52(33-39-57)50-18-5-2-6-19-50)60-44-55(69-46-54-20-7-8-21-62(54)64-22-9-10-23-65(64)69)45-61(47-60)76(59-42-43-72-70(48-59)66-24-11-13-28-71(66)77-72)58-40-34-53(35-41-58)63-26-15-27-68-67-25-12-14-29-73(67)78-74(63)68/h1-48H. The molecule has 15 rings (SSSR count). The molecular formula is C74H48N2OS. The normalized spacial score (nSPS) is 11.6. The molecule has 4 heteroatoms. The predicted molar refractivity (Wildman–Crippen MR) is 333 cm³/mol. The maximum absolute atomic E-state index is 6.47. The minimum absolute atomic E-state index is 0.854. The van der Waals surface area contributed by atoms with Gasteiger partial charge in [-0.1, -0.05) is 200 Å². The lowest BCUT2D eigenvalue weighted by atomic mass is 9.92. The quantitative estimate of drug-likeness (QED) is 0.127. The Morgan fingerprint density at radius 1 is 0.244 bits per heavy atom. The summed E-state index contributed by atoms with van der Waals surface area (Å²) < 4.78 is 9.07. The zero-order valence-corrected chi connectivity index (χ0v) is 43.2. The molecule has 0 aliphatic carbocycles. The molecule has 0 bridgehead atoms. The first-order valence-corrected chi connectivity index (χ1v) is 27.4. The average molecular weight is 1010 g/mol. The van der Waals surface area contributed by atoms with Crippen LogP contribution in [0.25, 0.3) is 108 Å². The minimum atomic E-state index is 0.854. The Labute approximate surface area is 456 Å². The summed E-state index contributed by atoms with van der Waals surface area (Å²) >= 11 is 1.87. The molecule has 0 unspecified atom stereocenters. The number of thiophene rings is 1. The highest BCUT2D eigenvalue weighted by Gasteiger charge is 2.23. The molecule has 0 atom stereocenters. The van der Waals surface area contributed by atoms with Gasteiger partial charge in [0.2, 0.25) is 0 Å².